The van der Waals surface area contributed by atoms with E-state index < -0.39 is 11.3 Å². The molecule has 1 saturated heterocycles. The number of fused-ring (bicyclic) bond motifs is 1. The molecule has 3 rings (SSSR count). The third kappa shape index (κ3) is 1.52. The summed E-state index contributed by atoms with van der Waals surface area (Å²) < 4.78 is 27.1. The van der Waals surface area contributed by atoms with E-state index in [9.17, 15) is 13.6 Å². The van der Waals surface area contributed by atoms with Crippen molar-refractivity contribution in [2.75, 3.05) is 13.1 Å². The van der Waals surface area contributed by atoms with Gasteiger partial charge in [-0.3, -0.25) is 4.79 Å². The van der Waals surface area contributed by atoms with Gasteiger partial charge in [-0.2, -0.15) is 0 Å². The molecule has 5 heteroatoms. The minimum Gasteiger partial charge on any atom is -0.340 e. The molecule has 0 aromatic rings. The normalized spacial score (nSPS) is 37.8. The maximum absolute atomic E-state index is 13.6. The van der Waals surface area contributed by atoms with Gasteiger partial charge in [0, 0.05) is 25.6 Å². The first kappa shape index (κ1) is 12.3. The van der Waals surface area contributed by atoms with Gasteiger partial charge in [0.05, 0.1) is 0 Å². The maximum Gasteiger partial charge on any atom is 0.259 e. The summed E-state index contributed by atoms with van der Waals surface area (Å²) in [6, 6.07) is 0. The fourth-order valence-electron chi connectivity index (χ4n) is 3.76. The van der Waals surface area contributed by atoms with E-state index in [1.807, 2.05) is 0 Å². The second-order valence-corrected chi connectivity index (χ2v) is 6.48. The van der Waals surface area contributed by atoms with Crippen molar-refractivity contribution in [1.82, 2.24) is 4.90 Å². The molecule has 0 bridgehead atoms. The number of carbonyl (C=O) groups is 1. The van der Waals surface area contributed by atoms with E-state index >= 15 is 0 Å². The highest BCUT2D eigenvalue weighted by Gasteiger charge is 2.66. The van der Waals surface area contributed by atoms with Crippen LogP contribution in [0.2, 0.25) is 0 Å². The standard InChI is InChI=1S/C13H20F2N2O/c1-11(14,15)12(5-6-12)10(18)17-7-9-3-2-4-13(9,16)8-17/h9H,2-8,16H2,1H3. The van der Waals surface area contributed by atoms with Crippen LogP contribution in [0.1, 0.15) is 39.0 Å². The van der Waals surface area contributed by atoms with Crippen molar-refractivity contribution in [3.63, 3.8) is 0 Å². The topological polar surface area (TPSA) is 46.3 Å². The van der Waals surface area contributed by atoms with Gasteiger partial charge in [-0.05, 0) is 31.6 Å². The molecule has 2 aliphatic carbocycles. The van der Waals surface area contributed by atoms with E-state index in [1.54, 1.807) is 4.90 Å². The first-order chi connectivity index (χ1) is 8.29. The summed E-state index contributed by atoms with van der Waals surface area (Å²) in [5.74, 6) is -2.97. The van der Waals surface area contributed by atoms with Crippen molar-refractivity contribution in [3.8, 4) is 0 Å². The number of nitrogens with two attached hydrogens (primary N) is 1. The first-order valence-electron chi connectivity index (χ1n) is 6.75. The third-order valence-corrected chi connectivity index (χ3v) is 5.22. The average molecular weight is 258 g/mol. The van der Waals surface area contributed by atoms with E-state index in [1.165, 1.54) is 0 Å². The van der Waals surface area contributed by atoms with Gasteiger partial charge < -0.3 is 10.6 Å². The Morgan fingerprint density at radius 2 is 2.06 bits per heavy atom. The summed E-state index contributed by atoms with van der Waals surface area (Å²) in [6.45, 7) is 1.91. The van der Waals surface area contributed by atoms with Gasteiger partial charge in [-0.15, -0.1) is 0 Å². The zero-order chi connectivity index (χ0) is 13.2. The van der Waals surface area contributed by atoms with Crippen LogP contribution in [0.4, 0.5) is 8.78 Å². The lowest BCUT2D eigenvalue weighted by molar-refractivity contribution is -0.151. The van der Waals surface area contributed by atoms with Crippen LogP contribution in [-0.4, -0.2) is 35.4 Å². The number of hydrogen-bond acceptors (Lipinski definition) is 2. The van der Waals surface area contributed by atoms with Crippen LogP contribution >= 0.6 is 0 Å². The molecular formula is C13H20F2N2O. The number of likely N-dealkylation sites (tertiary alicyclic amines) is 1. The Labute approximate surface area is 106 Å². The molecule has 0 aromatic carbocycles. The zero-order valence-corrected chi connectivity index (χ0v) is 10.7. The van der Waals surface area contributed by atoms with E-state index in [0.29, 0.717) is 31.8 Å². The zero-order valence-electron chi connectivity index (χ0n) is 10.7. The van der Waals surface area contributed by atoms with Crippen molar-refractivity contribution in [3.05, 3.63) is 0 Å². The molecule has 0 aromatic heterocycles. The Balaban J connectivity index is 1.76. The smallest absolute Gasteiger partial charge is 0.259 e. The van der Waals surface area contributed by atoms with Crippen LogP contribution in [0.5, 0.6) is 0 Å². The van der Waals surface area contributed by atoms with Gasteiger partial charge in [-0.1, -0.05) is 6.42 Å². The summed E-state index contributed by atoms with van der Waals surface area (Å²) in [4.78, 5) is 13.9. The summed E-state index contributed by atoms with van der Waals surface area (Å²) in [7, 11) is 0. The lowest BCUT2D eigenvalue weighted by Crippen LogP contribution is -2.48. The quantitative estimate of drug-likeness (QED) is 0.820. The predicted molar refractivity (Wildman–Crippen MR) is 63.1 cm³/mol. The molecule has 102 valence electrons. The Hall–Kier alpha value is -0.710. The van der Waals surface area contributed by atoms with Crippen molar-refractivity contribution >= 4 is 5.91 Å². The van der Waals surface area contributed by atoms with Crippen LogP contribution in [-0.2, 0) is 4.79 Å². The Morgan fingerprint density at radius 3 is 2.56 bits per heavy atom. The van der Waals surface area contributed by atoms with Gasteiger partial charge in [0.25, 0.3) is 5.92 Å². The summed E-state index contributed by atoms with van der Waals surface area (Å²) in [5, 5.41) is 0. The Bertz CT molecular complexity index is 389. The highest BCUT2D eigenvalue weighted by molar-refractivity contribution is 5.87. The minimum atomic E-state index is -2.91. The molecule has 2 unspecified atom stereocenters. The molecule has 0 spiro atoms. The van der Waals surface area contributed by atoms with Crippen LogP contribution in [0.3, 0.4) is 0 Å². The molecule has 2 atom stereocenters. The average Bonchev–Trinajstić information content (AvgIpc) is 2.90. The Morgan fingerprint density at radius 1 is 1.39 bits per heavy atom. The molecule has 1 amide bonds. The number of alkyl halides is 2. The summed E-state index contributed by atoms with van der Waals surface area (Å²) in [6.07, 6.45) is 3.66. The predicted octanol–water partition coefficient (Wildman–Crippen LogP) is 1.76. The van der Waals surface area contributed by atoms with Crippen LogP contribution in [0, 0.1) is 11.3 Å². The lowest BCUT2D eigenvalue weighted by Gasteiger charge is -2.29. The van der Waals surface area contributed by atoms with Crippen molar-refractivity contribution in [2.45, 2.75) is 50.5 Å². The molecule has 18 heavy (non-hydrogen) atoms. The number of nitrogens with zero attached hydrogens (tertiary/aromatic N) is 1. The molecule has 1 heterocycles. The maximum atomic E-state index is 13.6. The monoisotopic (exact) mass is 258 g/mol. The molecule has 3 aliphatic rings. The van der Waals surface area contributed by atoms with Crippen LogP contribution in [0.25, 0.3) is 0 Å². The van der Waals surface area contributed by atoms with Crippen molar-refractivity contribution in [2.24, 2.45) is 17.1 Å². The lowest BCUT2D eigenvalue weighted by atomic mass is 9.92. The van der Waals surface area contributed by atoms with Crippen molar-refractivity contribution in [1.29, 1.82) is 0 Å². The molecule has 0 radical (unpaired) electrons. The fourth-order valence-corrected chi connectivity index (χ4v) is 3.76. The largest absolute Gasteiger partial charge is 0.340 e. The van der Waals surface area contributed by atoms with Gasteiger partial charge in [0.15, 0.2) is 0 Å². The van der Waals surface area contributed by atoms with Gasteiger partial charge in [0.1, 0.15) is 5.41 Å². The molecule has 3 nitrogen and oxygen atoms in total. The molecular weight excluding hydrogens is 238 g/mol. The van der Waals surface area contributed by atoms with E-state index in [0.717, 1.165) is 26.2 Å². The SMILES string of the molecule is CC(F)(F)C1(C(=O)N2CC3CCCC3(N)C2)CC1. The van der Waals surface area contributed by atoms with E-state index in [4.69, 9.17) is 5.73 Å². The number of carbonyl (C=O) groups excluding carboxylic acids is 1. The van der Waals surface area contributed by atoms with Gasteiger partial charge in [0.2, 0.25) is 5.91 Å². The van der Waals surface area contributed by atoms with Gasteiger partial charge >= 0.3 is 0 Å². The second kappa shape index (κ2) is 3.44. The fraction of sp³-hybridized carbons (Fsp3) is 0.923. The van der Waals surface area contributed by atoms with Crippen LogP contribution in [0.15, 0.2) is 0 Å². The highest BCUT2D eigenvalue weighted by Crippen LogP contribution is 2.58. The molecule has 1 aliphatic heterocycles. The summed E-state index contributed by atoms with van der Waals surface area (Å²) in [5.41, 5.74) is 4.56. The molecule has 3 fully saturated rings. The highest BCUT2D eigenvalue weighted by atomic mass is 19.3. The molecule has 2 saturated carbocycles. The number of amides is 1. The molecule has 2 N–H and O–H groups in total. The van der Waals surface area contributed by atoms with E-state index in [-0.39, 0.29) is 11.4 Å². The first-order valence-corrected chi connectivity index (χ1v) is 6.75. The minimum absolute atomic E-state index is 0.308. The number of halogens is 2. The second-order valence-electron chi connectivity index (χ2n) is 6.48. The van der Waals surface area contributed by atoms with Crippen molar-refractivity contribution < 1.29 is 13.6 Å². The van der Waals surface area contributed by atoms with Crippen LogP contribution < -0.4 is 5.73 Å². The van der Waals surface area contributed by atoms with Gasteiger partial charge in [-0.25, -0.2) is 8.78 Å². The third-order valence-electron chi connectivity index (χ3n) is 5.22. The van der Waals surface area contributed by atoms with E-state index in [2.05, 4.69) is 0 Å². The summed E-state index contributed by atoms with van der Waals surface area (Å²) >= 11 is 0. The Kier molecular flexibility index (Phi) is 2.35. The number of rotatable bonds is 2. The number of hydrogen-bond donors (Lipinski definition) is 1.